The number of carbonyl (C=O) groups is 1. The molecule has 0 unspecified atom stereocenters. The molecule has 0 aliphatic rings. The van der Waals surface area contributed by atoms with Gasteiger partial charge in [-0.25, -0.2) is 13.6 Å². The van der Waals surface area contributed by atoms with Crippen molar-refractivity contribution >= 4 is 21.6 Å². The Morgan fingerprint density at radius 2 is 1.90 bits per heavy atom. The van der Waals surface area contributed by atoms with E-state index >= 15 is 0 Å². The number of nitrogens with one attached hydrogen (secondary N) is 1. The number of carbonyl (C=O) groups excluding carboxylic acids is 1. The highest BCUT2D eigenvalue weighted by Crippen LogP contribution is 2.14. The number of benzene rings is 1. The summed E-state index contributed by atoms with van der Waals surface area (Å²) in [5.41, 5.74) is 1.22. The number of anilines is 1. The van der Waals surface area contributed by atoms with Gasteiger partial charge in [-0.3, -0.25) is 9.78 Å². The van der Waals surface area contributed by atoms with Crippen LogP contribution in [0.25, 0.3) is 0 Å². The van der Waals surface area contributed by atoms with Crippen molar-refractivity contribution in [3.8, 4) is 5.75 Å². The lowest BCUT2D eigenvalue weighted by molar-refractivity contribution is 0.102. The van der Waals surface area contributed by atoms with Gasteiger partial charge in [0.15, 0.2) is 0 Å². The summed E-state index contributed by atoms with van der Waals surface area (Å²) in [5.74, 6) is -0.804. The number of nitrogens with zero attached hydrogens (tertiary/aromatic N) is 1. The largest absolute Gasteiger partial charge is 0.506 e. The van der Waals surface area contributed by atoms with Crippen molar-refractivity contribution in [2.24, 2.45) is 5.14 Å². The summed E-state index contributed by atoms with van der Waals surface area (Å²) in [6.07, 6.45) is 2.54. The third kappa shape index (κ3) is 4.55. The minimum absolute atomic E-state index is 0.105. The van der Waals surface area contributed by atoms with Crippen LogP contribution >= 0.6 is 0 Å². The molecule has 110 valence electrons. The van der Waals surface area contributed by atoms with Gasteiger partial charge in [0.25, 0.3) is 5.91 Å². The number of sulfonamides is 1. The second-order valence-corrected chi connectivity index (χ2v) is 6.00. The van der Waals surface area contributed by atoms with E-state index in [-0.39, 0.29) is 17.1 Å². The molecule has 0 spiro atoms. The highest BCUT2D eigenvalue weighted by molar-refractivity contribution is 7.88. The maximum absolute atomic E-state index is 11.9. The summed E-state index contributed by atoms with van der Waals surface area (Å²) in [4.78, 5) is 15.6. The van der Waals surface area contributed by atoms with Crippen LogP contribution < -0.4 is 10.5 Å². The fraction of sp³-hybridized carbons (Fsp3) is 0.0769. The van der Waals surface area contributed by atoms with Crippen LogP contribution in [0.1, 0.15) is 15.9 Å². The van der Waals surface area contributed by atoms with E-state index in [1.165, 1.54) is 18.5 Å². The number of aromatic nitrogens is 1. The number of hydrogen-bond acceptors (Lipinski definition) is 5. The normalized spacial score (nSPS) is 11.1. The van der Waals surface area contributed by atoms with Crippen LogP contribution in [0, 0.1) is 0 Å². The van der Waals surface area contributed by atoms with E-state index in [1.54, 1.807) is 24.3 Å². The van der Waals surface area contributed by atoms with Gasteiger partial charge in [-0.05, 0) is 23.8 Å². The number of aromatic hydroxyl groups is 1. The first kappa shape index (κ1) is 14.9. The molecule has 0 aliphatic heterocycles. The van der Waals surface area contributed by atoms with Gasteiger partial charge in [-0.15, -0.1) is 0 Å². The Morgan fingerprint density at radius 1 is 1.24 bits per heavy atom. The number of amides is 1. The second-order valence-electron chi connectivity index (χ2n) is 4.39. The van der Waals surface area contributed by atoms with E-state index < -0.39 is 15.9 Å². The molecule has 8 heteroatoms. The monoisotopic (exact) mass is 307 g/mol. The number of rotatable bonds is 4. The first-order valence-corrected chi connectivity index (χ1v) is 7.60. The van der Waals surface area contributed by atoms with Gasteiger partial charge in [-0.1, -0.05) is 12.1 Å². The summed E-state index contributed by atoms with van der Waals surface area (Å²) in [6.45, 7) is 0. The van der Waals surface area contributed by atoms with Crippen molar-refractivity contribution < 1.29 is 18.3 Å². The first-order valence-electron chi connectivity index (χ1n) is 5.88. The van der Waals surface area contributed by atoms with Crippen molar-refractivity contribution in [3.63, 3.8) is 0 Å². The molecule has 1 aromatic carbocycles. The lowest BCUT2D eigenvalue weighted by Gasteiger charge is -2.06. The van der Waals surface area contributed by atoms with Crippen LogP contribution in [0.3, 0.4) is 0 Å². The predicted molar refractivity (Wildman–Crippen MR) is 77.1 cm³/mol. The van der Waals surface area contributed by atoms with E-state index in [2.05, 4.69) is 10.3 Å². The molecule has 4 N–H and O–H groups in total. The van der Waals surface area contributed by atoms with Crippen LogP contribution in [-0.2, 0) is 15.8 Å². The maximum atomic E-state index is 11.9. The number of nitrogens with two attached hydrogens (primary N) is 1. The Morgan fingerprint density at radius 3 is 2.48 bits per heavy atom. The molecule has 0 aliphatic carbocycles. The molecule has 0 radical (unpaired) electrons. The zero-order valence-electron chi connectivity index (χ0n) is 10.9. The topological polar surface area (TPSA) is 122 Å². The lowest BCUT2D eigenvalue weighted by atomic mass is 10.2. The summed E-state index contributed by atoms with van der Waals surface area (Å²) in [7, 11) is -3.58. The number of pyridine rings is 1. The summed E-state index contributed by atoms with van der Waals surface area (Å²) >= 11 is 0. The summed E-state index contributed by atoms with van der Waals surface area (Å²) in [5, 5.41) is 16.8. The summed E-state index contributed by atoms with van der Waals surface area (Å²) < 4.78 is 21.9. The second kappa shape index (κ2) is 5.90. The number of primary sulfonamides is 1. The van der Waals surface area contributed by atoms with Gasteiger partial charge in [0.1, 0.15) is 5.75 Å². The molecule has 1 aromatic heterocycles. The van der Waals surface area contributed by atoms with Crippen molar-refractivity contribution in [2.45, 2.75) is 5.75 Å². The molecule has 21 heavy (non-hydrogen) atoms. The Labute approximate surface area is 121 Å². The Balaban J connectivity index is 2.08. The third-order valence-electron chi connectivity index (χ3n) is 2.57. The van der Waals surface area contributed by atoms with Gasteiger partial charge in [0, 0.05) is 11.9 Å². The van der Waals surface area contributed by atoms with Gasteiger partial charge in [-0.2, -0.15) is 0 Å². The first-order chi connectivity index (χ1) is 9.83. The van der Waals surface area contributed by atoms with Crippen LogP contribution in [0.2, 0.25) is 0 Å². The predicted octanol–water partition coefficient (Wildman–Crippen LogP) is 0.828. The molecule has 0 saturated heterocycles. The smallest absolute Gasteiger partial charge is 0.257 e. The molecule has 1 heterocycles. The molecular formula is C13H13N3O4S. The van der Waals surface area contributed by atoms with Crippen molar-refractivity contribution in [3.05, 3.63) is 53.9 Å². The van der Waals surface area contributed by atoms with Crippen LogP contribution in [0.15, 0.2) is 42.7 Å². The molecule has 0 saturated carbocycles. The summed E-state index contributed by atoms with van der Waals surface area (Å²) in [6, 6.07) is 7.53. The highest BCUT2D eigenvalue weighted by Gasteiger charge is 2.08. The SMILES string of the molecule is NS(=O)(=O)Cc1ccc(NC(=O)c2cncc(O)c2)cc1. The molecule has 2 rings (SSSR count). The Kier molecular flexibility index (Phi) is 4.20. The molecule has 0 bridgehead atoms. The molecule has 1 amide bonds. The highest BCUT2D eigenvalue weighted by atomic mass is 32.2. The van der Waals surface area contributed by atoms with Crippen molar-refractivity contribution in [1.82, 2.24) is 4.98 Å². The van der Waals surface area contributed by atoms with Crippen LogP contribution in [-0.4, -0.2) is 24.4 Å². The fourth-order valence-corrected chi connectivity index (χ4v) is 2.33. The zero-order valence-corrected chi connectivity index (χ0v) is 11.7. The Hall–Kier alpha value is -2.45. The average molecular weight is 307 g/mol. The minimum Gasteiger partial charge on any atom is -0.506 e. The van der Waals surface area contributed by atoms with Crippen LogP contribution in [0.4, 0.5) is 5.69 Å². The maximum Gasteiger partial charge on any atom is 0.257 e. The minimum atomic E-state index is -3.58. The third-order valence-corrected chi connectivity index (χ3v) is 3.30. The molecule has 0 fully saturated rings. The quantitative estimate of drug-likeness (QED) is 0.772. The van der Waals surface area contributed by atoms with E-state index in [9.17, 15) is 18.3 Å². The van der Waals surface area contributed by atoms with Crippen molar-refractivity contribution in [1.29, 1.82) is 0 Å². The van der Waals surface area contributed by atoms with E-state index in [0.717, 1.165) is 0 Å². The van der Waals surface area contributed by atoms with E-state index in [1.807, 2.05) is 0 Å². The molecule has 2 aromatic rings. The lowest BCUT2D eigenvalue weighted by Crippen LogP contribution is -2.15. The van der Waals surface area contributed by atoms with Crippen LogP contribution in [0.5, 0.6) is 5.75 Å². The van der Waals surface area contributed by atoms with Crippen molar-refractivity contribution in [2.75, 3.05) is 5.32 Å². The van der Waals surface area contributed by atoms with Gasteiger partial charge < -0.3 is 10.4 Å². The fourth-order valence-electron chi connectivity index (χ4n) is 1.67. The number of hydrogen-bond donors (Lipinski definition) is 3. The van der Waals surface area contributed by atoms with Gasteiger partial charge in [0.2, 0.25) is 10.0 Å². The van der Waals surface area contributed by atoms with Gasteiger partial charge in [0.05, 0.1) is 17.5 Å². The van der Waals surface area contributed by atoms with Gasteiger partial charge >= 0.3 is 0 Å². The molecular weight excluding hydrogens is 294 g/mol. The standard InChI is InChI=1S/C13H13N3O4S/c14-21(19,20)8-9-1-3-11(4-2-9)16-13(18)10-5-12(17)7-15-6-10/h1-7,17H,8H2,(H,16,18)(H2,14,19,20). The molecule has 0 atom stereocenters. The van der Waals surface area contributed by atoms with E-state index in [4.69, 9.17) is 5.14 Å². The molecule has 7 nitrogen and oxygen atoms in total. The average Bonchev–Trinajstić information content (AvgIpc) is 2.39. The zero-order chi connectivity index (χ0) is 15.5. The van der Waals surface area contributed by atoms with E-state index in [0.29, 0.717) is 11.3 Å². The Bertz CT molecular complexity index is 757.